The molecule has 0 saturated carbocycles. The number of hydrogen-bond acceptors (Lipinski definition) is 5. The minimum Gasteiger partial charge on any atom is -0.366 e. The molecule has 1 atom stereocenters. The van der Waals surface area contributed by atoms with Crippen molar-refractivity contribution in [1.82, 2.24) is 20.4 Å². The van der Waals surface area contributed by atoms with Gasteiger partial charge in [-0.3, -0.25) is 14.9 Å². The van der Waals surface area contributed by atoms with Gasteiger partial charge in [-0.25, -0.2) is 4.99 Å². The van der Waals surface area contributed by atoms with Crippen LogP contribution >= 0.6 is 12.2 Å². The third-order valence-corrected chi connectivity index (χ3v) is 7.32. The minimum atomic E-state index is -0.615. The molecule has 4 rings (SSSR count). The molecule has 0 aliphatic carbocycles. The summed E-state index contributed by atoms with van der Waals surface area (Å²) in [6.07, 6.45) is 6.22. The van der Waals surface area contributed by atoms with Crippen molar-refractivity contribution in [2.75, 3.05) is 43.9 Å². The molecule has 2 heterocycles. The van der Waals surface area contributed by atoms with Crippen molar-refractivity contribution in [2.45, 2.75) is 52.0 Å². The molecule has 0 bridgehead atoms. The van der Waals surface area contributed by atoms with Gasteiger partial charge in [-0.05, 0) is 81.4 Å². The first-order valence-electron chi connectivity index (χ1n) is 14.0. The van der Waals surface area contributed by atoms with E-state index in [0.29, 0.717) is 18.1 Å². The Hall–Kier alpha value is -3.17. The topological polar surface area (TPSA) is 125 Å². The number of thiocarbonyl (C=S) groups is 1. The molecule has 2 aromatic carbocycles. The van der Waals surface area contributed by atoms with Crippen LogP contribution in [-0.2, 0) is 9.59 Å². The predicted octanol–water partition coefficient (Wildman–Crippen LogP) is 0.752. The number of guanidine groups is 1. The van der Waals surface area contributed by atoms with Crippen LogP contribution in [0.25, 0.3) is 0 Å². The molecule has 2 aliphatic heterocycles. The molecule has 0 spiro atoms. The third-order valence-electron chi connectivity index (χ3n) is 7.01. The normalized spacial score (nSPS) is 16.6. The Kier molecular flexibility index (Phi) is 15.3. The van der Waals surface area contributed by atoms with E-state index < -0.39 is 6.04 Å². The maximum atomic E-state index is 13.1. The first-order chi connectivity index (χ1) is 19.8. The van der Waals surface area contributed by atoms with E-state index in [0.717, 1.165) is 55.7 Å². The maximum Gasteiger partial charge on any atom is 1.00 e. The smallest absolute Gasteiger partial charge is 0.366 e. The van der Waals surface area contributed by atoms with Gasteiger partial charge < -0.3 is 25.8 Å². The number of aryl methyl sites for hydroxylation is 2. The Morgan fingerprint density at radius 3 is 2.12 bits per heavy atom. The van der Waals surface area contributed by atoms with Crippen LogP contribution in [0.2, 0.25) is 0 Å². The van der Waals surface area contributed by atoms with Gasteiger partial charge in [-0.2, -0.15) is 5.26 Å². The number of nitrogens with zero attached hydrogens (tertiary/aromatic N) is 4. The number of nitrogens with one attached hydrogen (secondary N) is 4. The zero-order valence-electron chi connectivity index (χ0n) is 25.1. The van der Waals surface area contributed by atoms with Crippen molar-refractivity contribution >= 4 is 46.5 Å². The molecule has 2 amide bonds. The molecular weight excluding hydrogens is 559 g/mol. The molecule has 12 heteroatoms. The van der Waals surface area contributed by atoms with Crippen LogP contribution in [0, 0.1) is 25.3 Å². The summed E-state index contributed by atoms with van der Waals surface area (Å²) >= 11 is 4.97. The van der Waals surface area contributed by atoms with Crippen molar-refractivity contribution in [3.63, 3.8) is 0 Å². The van der Waals surface area contributed by atoms with Crippen LogP contribution in [0.3, 0.4) is 0 Å². The van der Waals surface area contributed by atoms with Crippen molar-refractivity contribution in [2.24, 2.45) is 4.99 Å². The first-order valence-corrected chi connectivity index (χ1v) is 14.4. The Bertz CT molecular complexity index is 1280. The van der Waals surface area contributed by atoms with E-state index >= 15 is 0 Å². The number of benzene rings is 2. The number of nitriles is 1. The molecule has 1 unspecified atom stereocenters. The number of carbonyl (C=O) groups is 2. The second kappa shape index (κ2) is 18.4. The van der Waals surface area contributed by atoms with E-state index in [4.69, 9.17) is 17.5 Å². The van der Waals surface area contributed by atoms with Gasteiger partial charge in [0.15, 0.2) is 11.3 Å². The van der Waals surface area contributed by atoms with E-state index in [1.807, 2.05) is 73.5 Å². The number of likely N-dealkylation sites (tertiary alicyclic amines) is 2. The maximum absolute atomic E-state index is 13.1. The first kappa shape index (κ1) is 35.0. The summed E-state index contributed by atoms with van der Waals surface area (Å²) in [5.74, 6) is 0.0978. The number of amides is 2. The molecule has 4 N–H and O–H groups in total. The molecule has 0 radical (unpaired) electrons. The van der Waals surface area contributed by atoms with Gasteiger partial charge in [0.2, 0.25) is 17.8 Å². The third kappa shape index (κ3) is 10.9. The van der Waals surface area contributed by atoms with Crippen LogP contribution in [0.5, 0.6) is 0 Å². The fraction of sp³-hybridized carbons (Fsp3) is 0.433. The van der Waals surface area contributed by atoms with Gasteiger partial charge in [-0.1, -0.05) is 36.4 Å². The number of anilines is 2. The van der Waals surface area contributed by atoms with Gasteiger partial charge in [0.05, 0.1) is 6.54 Å². The summed E-state index contributed by atoms with van der Waals surface area (Å²) in [6, 6.07) is 15.1. The summed E-state index contributed by atoms with van der Waals surface area (Å²) in [5, 5.41) is 21.3. The summed E-state index contributed by atoms with van der Waals surface area (Å²) in [5.41, 5.74) is 4.06. The molecule has 218 valence electrons. The standard InChI is InChI=1S/C21H28N6O2.C9H12N2S.Na/c1-16-8-2-3-9-17(16)24-21(23-15-22)25-18-10-4-5-13-27(20(18)29)14-19(28)26-11-6-7-12-26;1-7-5-3-4-6-8(7)11-9(12)10-2;/h2-3,8-9,18H,4-7,10-14H2,1H3,(H2,23,24,25);3-6H,1-2H3,(H2,10,11,12);/q;;+1. The number of para-hydroxylation sites is 2. The zero-order chi connectivity index (χ0) is 29.6. The van der Waals surface area contributed by atoms with Crippen LogP contribution in [0.4, 0.5) is 11.4 Å². The van der Waals surface area contributed by atoms with E-state index in [1.165, 1.54) is 5.56 Å². The summed E-state index contributed by atoms with van der Waals surface area (Å²) in [4.78, 5) is 33.5. The van der Waals surface area contributed by atoms with Gasteiger partial charge in [0.25, 0.3) is 0 Å². The van der Waals surface area contributed by atoms with Crippen molar-refractivity contribution < 1.29 is 39.1 Å². The molecule has 0 aromatic heterocycles. The number of aliphatic imine (C=N–C) groups is 1. The second-order valence-electron chi connectivity index (χ2n) is 10.0. The monoisotopic (exact) mass is 599 g/mol. The SMILES string of the molecule is CNC(=S)Nc1ccccc1C.Cc1ccccc1NC(=NC1CCCCN(CC(=O)N2CCCC2)C1=O)NC#N.[Na+]. The summed E-state index contributed by atoms with van der Waals surface area (Å²) in [7, 11) is 1.80. The van der Waals surface area contributed by atoms with E-state index in [2.05, 4.69) is 26.3 Å². The average molecular weight is 600 g/mol. The molecule has 2 fully saturated rings. The molecule has 10 nitrogen and oxygen atoms in total. The van der Waals surface area contributed by atoms with E-state index in [-0.39, 0.29) is 53.9 Å². The van der Waals surface area contributed by atoms with Crippen LogP contribution in [0.1, 0.15) is 43.2 Å². The Labute approximate surface area is 276 Å². The fourth-order valence-corrected chi connectivity index (χ4v) is 4.74. The molecule has 2 aromatic rings. The molecule has 2 aliphatic rings. The van der Waals surface area contributed by atoms with Crippen molar-refractivity contribution in [1.29, 1.82) is 5.26 Å². The Morgan fingerprint density at radius 2 is 1.55 bits per heavy atom. The van der Waals surface area contributed by atoms with Gasteiger partial charge >= 0.3 is 29.6 Å². The molecule has 42 heavy (non-hydrogen) atoms. The van der Waals surface area contributed by atoms with Gasteiger partial charge in [0, 0.05) is 38.1 Å². The van der Waals surface area contributed by atoms with Gasteiger partial charge in [-0.15, -0.1) is 0 Å². The summed E-state index contributed by atoms with van der Waals surface area (Å²) < 4.78 is 0. The summed E-state index contributed by atoms with van der Waals surface area (Å²) in [6.45, 7) is 6.22. The second-order valence-corrected chi connectivity index (χ2v) is 10.4. The minimum absolute atomic E-state index is 0. The van der Waals surface area contributed by atoms with E-state index in [9.17, 15) is 9.59 Å². The quantitative estimate of drug-likeness (QED) is 0.0992. The Morgan fingerprint density at radius 1 is 0.976 bits per heavy atom. The average Bonchev–Trinajstić information content (AvgIpc) is 3.46. The number of rotatable bonds is 5. The van der Waals surface area contributed by atoms with Gasteiger partial charge in [0.1, 0.15) is 6.04 Å². The van der Waals surface area contributed by atoms with Crippen molar-refractivity contribution in [3.8, 4) is 6.19 Å². The Balaban J connectivity index is 0.000000399. The van der Waals surface area contributed by atoms with E-state index in [1.54, 1.807) is 11.9 Å². The molecule has 2 saturated heterocycles. The molecular formula is C30H40N8NaO2S+. The van der Waals surface area contributed by atoms with Crippen LogP contribution in [0.15, 0.2) is 53.5 Å². The van der Waals surface area contributed by atoms with Crippen molar-refractivity contribution in [3.05, 3.63) is 59.7 Å². The number of carbonyl (C=O) groups excluding carboxylic acids is 2. The fourth-order valence-electron chi connectivity index (χ4n) is 4.63. The predicted molar refractivity (Wildman–Crippen MR) is 167 cm³/mol. The van der Waals surface area contributed by atoms with Crippen LogP contribution in [-0.4, -0.2) is 72.0 Å². The number of hydrogen-bond donors (Lipinski definition) is 4. The largest absolute Gasteiger partial charge is 1.00 e. The van der Waals surface area contributed by atoms with Crippen LogP contribution < -0.4 is 50.8 Å². The zero-order valence-corrected chi connectivity index (χ0v) is 27.9.